The number of hydrogen-bond donors (Lipinski definition) is 1. The highest BCUT2D eigenvalue weighted by molar-refractivity contribution is 7.92. The summed E-state index contributed by atoms with van der Waals surface area (Å²) in [7, 11) is -3.59. The van der Waals surface area contributed by atoms with Gasteiger partial charge in [0.2, 0.25) is 15.9 Å². The Morgan fingerprint density at radius 2 is 1.80 bits per heavy atom. The number of amides is 1. The summed E-state index contributed by atoms with van der Waals surface area (Å²) < 4.78 is 31.6. The van der Waals surface area contributed by atoms with Crippen LogP contribution in [-0.4, -0.2) is 33.2 Å². The van der Waals surface area contributed by atoms with E-state index >= 15 is 0 Å². The SMILES string of the molecule is CS(=O)(=O)N(CC(=O)N[C@H]1C[C@@H]2CC[C@@H]1C2)c1ccc(OCc2ccccc2)cc1. The molecular formula is C23H28N2O4S. The summed E-state index contributed by atoms with van der Waals surface area (Å²) in [5, 5.41) is 3.06. The normalized spacial score (nSPS) is 22.6. The summed E-state index contributed by atoms with van der Waals surface area (Å²) in [5.74, 6) is 1.66. The molecule has 160 valence electrons. The average molecular weight is 429 g/mol. The Bertz CT molecular complexity index is 976. The van der Waals surface area contributed by atoms with Crippen LogP contribution in [0.1, 0.15) is 31.2 Å². The molecule has 2 aromatic carbocycles. The van der Waals surface area contributed by atoms with E-state index < -0.39 is 10.0 Å². The zero-order valence-electron chi connectivity index (χ0n) is 17.2. The molecule has 0 radical (unpaired) electrons. The van der Waals surface area contributed by atoms with Crippen LogP contribution in [0.4, 0.5) is 5.69 Å². The van der Waals surface area contributed by atoms with E-state index in [4.69, 9.17) is 4.74 Å². The molecule has 0 heterocycles. The lowest BCUT2D eigenvalue weighted by molar-refractivity contribution is -0.120. The van der Waals surface area contributed by atoms with Crippen molar-refractivity contribution in [2.75, 3.05) is 17.1 Å². The topological polar surface area (TPSA) is 75.7 Å². The highest BCUT2D eigenvalue weighted by Crippen LogP contribution is 2.44. The third kappa shape index (κ3) is 4.95. The molecule has 2 aliphatic carbocycles. The van der Waals surface area contributed by atoms with Crippen molar-refractivity contribution >= 4 is 21.6 Å². The maximum atomic E-state index is 12.6. The first-order valence-electron chi connectivity index (χ1n) is 10.4. The van der Waals surface area contributed by atoms with Gasteiger partial charge in [-0.25, -0.2) is 8.42 Å². The molecule has 1 N–H and O–H groups in total. The Labute approximate surface area is 178 Å². The molecule has 0 aliphatic heterocycles. The molecule has 30 heavy (non-hydrogen) atoms. The van der Waals surface area contributed by atoms with E-state index in [1.165, 1.54) is 12.8 Å². The van der Waals surface area contributed by atoms with Crippen molar-refractivity contribution in [3.63, 3.8) is 0 Å². The number of sulfonamides is 1. The molecule has 0 spiro atoms. The van der Waals surface area contributed by atoms with Gasteiger partial charge in [0, 0.05) is 6.04 Å². The molecule has 7 heteroatoms. The number of nitrogens with zero attached hydrogens (tertiary/aromatic N) is 1. The number of carbonyl (C=O) groups excluding carboxylic acids is 1. The number of benzene rings is 2. The minimum absolute atomic E-state index is 0.187. The smallest absolute Gasteiger partial charge is 0.241 e. The molecule has 3 atom stereocenters. The number of anilines is 1. The lowest BCUT2D eigenvalue weighted by atomic mass is 9.95. The first-order valence-corrected chi connectivity index (χ1v) is 12.3. The molecule has 2 saturated carbocycles. The van der Waals surface area contributed by atoms with Crippen LogP contribution in [0.15, 0.2) is 54.6 Å². The number of hydrogen-bond acceptors (Lipinski definition) is 4. The molecule has 0 unspecified atom stereocenters. The fourth-order valence-corrected chi connectivity index (χ4v) is 5.51. The van der Waals surface area contributed by atoms with Crippen molar-refractivity contribution in [3.8, 4) is 5.75 Å². The molecule has 6 nitrogen and oxygen atoms in total. The molecule has 1 amide bonds. The van der Waals surface area contributed by atoms with Gasteiger partial charge < -0.3 is 10.1 Å². The second-order valence-corrected chi connectivity index (χ2v) is 10.3. The van der Waals surface area contributed by atoms with Crippen LogP contribution < -0.4 is 14.4 Å². The second kappa shape index (κ2) is 8.68. The molecule has 2 aliphatic rings. The lowest BCUT2D eigenvalue weighted by Crippen LogP contribution is -2.45. The second-order valence-electron chi connectivity index (χ2n) is 8.39. The quantitative estimate of drug-likeness (QED) is 0.700. The van der Waals surface area contributed by atoms with Crippen molar-refractivity contribution in [1.82, 2.24) is 5.32 Å². The Balaban J connectivity index is 1.38. The summed E-state index contributed by atoms with van der Waals surface area (Å²) in [6.07, 6.45) is 5.74. The van der Waals surface area contributed by atoms with Crippen molar-refractivity contribution in [1.29, 1.82) is 0 Å². The van der Waals surface area contributed by atoms with Crippen LogP contribution >= 0.6 is 0 Å². The predicted molar refractivity (Wildman–Crippen MR) is 117 cm³/mol. The van der Waals surface area contributed by atoms with E-state index in [0.717, 1.165) is 34.9 Å². The van der Waals surface area contributed by atoms with Crippen LogP contribution in [0.5, 0.6) is 5.75 Å². The van der Waals surface area contributed by atoms with E-state index in [-0.39, 0.29) is 18.5 Å². The van der Waals surface area contributed by atoms with Crippen molar-refractivity contribution in [3.05, 3.63) is 60.2 Å². The molecule has 2 fully saturated rings. The first kappa shape index (κ1) is 20.7. The van der Waals surface area contributed by atoms with Gasteiger partial charge in [-0.05, 0) is 60.9 Å². The highest BCUT2D eigenvalue weighted by atomic mass is 32.2. The standard InChI is InChI=1S/C23H28N2O4S/c1-30(27,28)25(15-23(26)24-22-14-18-7-8-19(22)13-18)20-9-11-21(12-10-20)29-16-17-5-3-2-4-6-17/h2-6,9-12,18-19,22H,7-8,13-16H2,1H3,(H,24,26)/t18-,19-,22+/m1/s1. The third-order valence-corrected chi connectivity index (χ3v) is 7.29. The largest absolute Gasteiger partial charge is 0.489 e. The van der Waals surface area contributed by atoms with Gasteiger partial charge in [0.05, 0.1) is 11.9 Å². The molecule has 0 aromatic heterocycles. The van der Waals surface area contributed by atoms with Crippen LogP contribution in [0, 0.1) is 11.8 Å². The summed E-state index contributed by atoms with van der Waals surface area (Å²) in [4.78, 5) is 12.6. The van der Waals surface area contributed by atoms with E-state index in [9.17, 15) is 13.2 Å². The Kier molecular flexibility index (Phi) is 5.99. The van der Waals surface area contributed by atoms with Gasteiger partial charge in [0.15, 0.2) is 0 Å². The summed E-state index contributed by atoms with van der Waals surface area (Å²) in [5.41, 5.74) is 1.50. The first-order chi connectivity index (χ1) is 14.4. The van der Waals surface area contributed by atoms with Gasteiger partial charge in [-0.2, -0.15) is 0 Å². The summed E-state index contributed by atoms with van der Waals surface area (Å²) in [6.45, 7) is 0.221. The average Bonchev–Trinajstić information content (AvgIpc) is 3.34. The van der Waals surface area contributed by atoms with Crippen LogP contribution in [0.25, 0.3) is 0 Å². The Morgan fingerprint density at radius 1 is 1.07 bits per heavy atom. The number of ether oxygens (including phenoxy) is 1. The Morgan fingerprint density at radius 3 is 2.40 bits per heavy atom. The Hall–Kier alpha value is -2.54. The van der Waals surface area contributed by atoms with Gasteiger partial charge in [-0.3, -0.25) is 9.10 Å². The van der Waals surface area contributed by atoms with Crippen LogP contribution in [0.3, 0.4) is 0 Å². The molecule has 0 saturated heterocycles. The van der Waals surface area contributed by atoms with Gasteiger partial charge in [-0.15, -0.1) is 0 Å². The minimum Gasteiger partial charge on any atom is -0.489 e. The number of carbonyl (C=O) groups is 1. The van der Waals surface area contributed by atoms with Crippen LogP contribution in [0.2, 0.25) is 0 Å². The van der Waals surface area contributed by atoms with Crippen molar-refractivity contribution in [2.45, 2.75) is 38.3 Å². The fourth-order valence-electron chi connectivity index (χ4n) is 4.65. The highest BCUT2D eigenvalue weighted by Gasteiger charge is 2.40. The number of rotatable bonds is 8. The fraction of sp³-hybridized carbons (Fsp3) is 0.435. The maximum absolute atomic E-state index is 12.6. The number of nitrogens with one attached hydrogen (secondary N) is 1. The molecule has 2 aromatic rings. The minimum atomic E-state index is -3.59. The predicted octanol–water partition coefficient (Wildman–Crippen LogP) is 3.34. The van der Waals surface area contributed by atoms with Gasteiger partial charge in [0.25, 0.3) is 0 Å². The molecular weight excluding hydrogens is 400 g/mol. The van der Waals surface area contributed by atoms with E-state index in [0.29, 0.717) is 24.0 Å². The zero-order chi connectivity index (χ0) is 21.1. The summed E-state index contributed by atoms with van der Waals surface area (Å²) in [6, 6.07) is 16.8. The van der Waals surface area contributed by atoms with Gasteiger partial charge >= 0.3 is 0 Å². The maximum Gasteiger partial charge on any atom is 0.241 e. The zero-order valence-corrected chi connectivity index (χ0v) is 18.0. The van der Waals surface area contributed by atoms with E-state index in [2.05, 4.69) is 5.32 Å². The molecule has 4 rings (SSSR count). The van der Waals surface area contributed by atoms with E-state index in [1.807, 2.05) is 30.3 Å². The molecule has 2 bridgehead atoms. The lowest BCUT2D eigenvalue weighted by Gasteiger charge is -2.26. The van der Waals surface area contributed by atoms with E-state index in [1.54, 1.807) is 24.3 Å². The number of fused-ring (bicyclic) bond motifs is 2. The summed E-state index contributed by atoms with van der Waals surface area (Å²) >= 11 is 0. The van der Waals surface area contributed by atoms with Crippen LogP contribution in [-0.2, 0) is 21.4 Å². The van der Waals surface area contributed by atoms with Crippen molar-refractivity contribution in [2.24, 2.45) is 11.8 Å². The third-order valence-electron chi connectivity index (χ3n) is 6.15. The van der Waals surface area contributed by atoms with Crippen molar-refractivity contribution < 1.29 is 17.9 Å². The van der Waals surface area contributed by atoms with Gasteiger partial charge in [-0.1, -0.05) is 36.8 Å². The monoisotopic (exact) mass is 428 g/mol. The van der Waals surface area contributed by atoms with Gasteiger partial charge in [0.1, 0.15) is 18.9 Å².